The van der Waals surface area contributed by atoms with Crippen molar-refractivity contribution < 1.29 is 28.6 Å². The molecular weight excluding hydrogens is 500 g/mol. The Kier molecular flexibility index (Phi) is 10.5. The number of ether oxygens (including phenoxy) is 3. The normalized spacial score (nSPS) is 18.1. The van der Waals surface area contributed by atoms with Crippen molar-refractivity contribution in [3.8, 4) is 0 Å². The summed E-state index contributed by atoms with van der Waals surface area (Å²) in [6.45, 7) is 9.82. The van der Waals surface area contributed by atoms with E-state index in [1.54, 1.807) is 36.4 Å². The van der Waals surface area contributed by atoms with Crippen LogP contribution in [-0.4, -0.2) is 47.7 Å². The van der Waals surface area contributed by atoms with Crippen LogP contribution >= 0.6 is 11.8 Å². The summed E-state index contributed by atoms with van der Waals surface area (Å²) in [7, 11) is 0. The van der Waals surface area contributed by atoms with E-state index in [0.29, 0.717) is 22.4 Å². The van der Waals surface area contributed by atoms with Gasteiger partial charge in [-0.15, -0.1) is 11.8 Å². The maximum absolute atomic E-state index is 12.9. The zero-order valence-corrected chi connectivity index (χ0v) is 23.2. The van der Waals surface area contributed by atoms with Crippen LogP contribution in [0.25, 0.3) is 0 Å². The molecule has 3 aromatic rings. The van der Waals surface area contributed by atoms with E-state index in [1.807, 2.05) is 71.0 Å². The van der Waals surface area contributed by atoms with Gasteiger partial charge in [0, 0.05) is 5.75 Å². The Morgan fingerprint density at radius 1 is 0.658 bits per heavy atom. The summed E-state index contributed by atoms with van der Waals surface area (Å²) >= 11 is 1.45. The Bertz CT molecular complexity index is 1220. The monoisotopic (exact) mass is 534 g/mol. The molecular formula is C31H34O6S. The summed E-state index contributed by atoms with van der Waals surface area (Å²) in [6, 6.07) is 21.2. The molecule has 38 heavy (non-hydrogen) atoms. The maximum atomic E-state index is 12.9. The fraction of sp³-hybridized carbons (Fsp3) is 0.323. The lowest BCUT2D eigenvalue weighted by Gasteiger charge is -2.24. The fourth-order valence-electron chi connectivity index (χ4n) is 3.75. The van der Waals surface area contributed by atoms with Gasteiger partial charge < -0.3 is 14.2 Å². The Morgan fingerprint density at radius 2 is 1.05 bits per heavy atom. The molecule has 0 aliphatic carbocycles. The van der Waals surface area contributed by atoms with Crippen LogP contribution in [0.15, 0.2) is 72.8 Å². The maximum Gasteiger partial charge on any atom is 0.338 e. The molecule has 3 atom stereocenters. The molecule has 1 fully saturated rings. The number of carbonyl (C=O) groups excluding carboxylic acids is 3. The molecule has 0 aromatic heterocycles. The van der Waals surface area contributed by atoms with Crippen molar-refractivity contribution in [1.82, 2.24) is 0 Å². The van der Waals surface area contributed by atoms with E-state index in [0.717, 1.165) is 16.7 Å². The quantitative estimate of drug-likeness (QED) is 0.258. The van der Waals surface area contributed by atoms with Gasteiger partial charge >= 0.3 is 17.9 Å². The molecule has 0 bridgehead atoms. The van der Waals surface area contributed by atoms with E-state index in [9.17, 15) is 14.4 Å². The third kappa shape index (κ3) is 7.71. The minimum absolute atomic E-state index is 0.0157. The van der Waals surface area contributed by atoms with Gasteiger partial charge in [0.05, 0.1) is 21.9 Å². The second-order valence-corrected chi connectivity index (χ2v) is 10.2. The van der Waals surface area contributed by atoms with Gasteiger partial charge in [-0.2, -0.15) is 0 Å². The van der Waals surface area contributed by atoms with Crippen molar-refractivity contribution >= 4 is 29.7 Å². The van der Waals surface area contributed by atoms with Gasteiger partial charge in [-0.05, 0) is 57.2 Å². The van der Waals surface area contributed by atoms with Crippen molar-refractivity contribution in [3.05, 3.63) is 106 Å². The summed E-state index contributed by atoms with van der Waals surface area (Å²) in [5.41, 5.74) is 4.36. The molecule has 0 amide bonds. The number of rotatable bonds is 7. The topological polar surface area (TPSA) is 78.9 Å². The van der Waals surface area contributed by atoms with Crippen LogP contribution in [0.4, 0.5) is 0 Å². The lowest BCUT2D eigenvalue weighted by molar-refractivity contribution is -0.0295. The number of hydrogen-bond donors (Lipinski definition) is 0. The average Bonchev–Trinajstić information content (AvgIpc) is 3.30. The predicted molar refractivity (Wildman–Crippen MR) is 150 cm³/mol. The highest BCUT2D eigenvalue weighted by atomic mass is 32.2. The van der Waals surface area contributed by atoms with Crippen LogP contribution < -0.4 is 0 Å². The molecule has 1 aliphatic heterocycles. The van der Waals surface area contributed by atoms with Gasteiger partial charge in [-0.3, -0.25) is 0 Å². The van der Waals surface area contributed by atoms with E-state index < -0.39 is 30.1 Å². The Hall–Kier alpha value is -3.58. The lowest BCUT2D eigenvalue weighted by atomic mass is 10.1. The minimum Gasteiger partial charge on any atom is -0.461 e. The van der Waals surface area contributed by atoms with Crippen molar-refractivity contribution in [2.75, 3.05) is 12.4 Å². The first kappa shape index (κ1) is 29.0. The van der Waals surface area contributed by atoms with E-state index in [2.05, 4.69) is 0 Å². The van der Waals surface area contributed by atoms with Crippen LogP contribution in [0.5, 0.6) is 0 Å². The standard InChI is InChI=1S/C29H28O6S.C2H6/c1-18-4-10-21(11-5-18)27(30)33-16-25-26(35-29(32)23-14-8-20(3)9-15-23)24(17-36-25)34-28(31)22-12-6-19(2)7-13-22;1-2/h4-15,24-26H,16-17H2,1-3H3;1-2H3/t24-,25+,26-;/m1./s1. The summed E-state index contributed by atoms with van der Waals surface area (Å²) < 4.78 is 17.2. The molecule has 1 heterocycles. The molecule has 6 nitrogen and oxygen atoms in total. The van der Waals surface area contributed by atoms with Crippen LogP contribution in [-0.2, 0) is 14.2 Å². The molecule has 1 saturated heterocycles. The number of aryl methyl sites for hydroxylation is 3. The van der Waals surface area contributed by atoms with Crippen molar-refractivity contribution in [2.24, 2.45) is 0 Å². The van der Waals surface area contributed by atoms with Gasteiger partial charge in [0.25, 0.3) is 0 Å². The molecule has 3 aromatic carbocycles. The summed E-state index contributed by atoms with van der Waals surface area (Å²) in [4.78, 5) is 38.2. The second kappa shape index (κ2) is 13.8. The molecule has 0 N–H and O–H groups in total. The van der Waals surface area contributed by atoms with E-state index >= 15 is 0 Å². The smallest absolute Gasteiger partial charge is 0.338 e. The van der Waals surface area contributed by atoms with Crippen molar-refractivity contribution in [1.29, 1.82) is 0 Å². The second-order valence-electron chi connectivity index (χ2n) is 8.88. The van der Waals surface area contributed by atoms with Gasteiger partial charge in [-0.25, -0.2) is 14.4 Å². The van der Waals surface area contributed by atoms with Gasteiger partial charge in [0.1, 0.15) is 12.7 Å². The third-order valence-electron chi connectivity index (χ3n) is 5.95. The highest BCUT2D eigenvalue weighted by Gasteiger charge is 2.43. The van der Waals surface area contributed by atoms with Gasteiger partial charge in [0.15, 0.2) is 6.10 Å². The molecule has 1 aliphatic rings. The summed E-state index contributed by atoms with van der Waals surface area (Å²) in [5.74, 6) is -1.06. The van der Waals surface area contributed by atoms with E-state index in [1.165, 1.54) is 11.8 Å². The SMILES string of the molecule is CC.Cc1ccc(C(=O)OC[C@@H]2SC[C@@H](OC(=O)c3ccc(C)cc3)[C@H]2OC(=O)c2ccc(C)cc2)cc1. The van der Waals surface area contributed by atoms with Crippen LogP contribution in [0.2, 0.25) is 0 Å². The first-order valence-corrected chi connectivity index (χ1v) is 13.8. The first-order valence-electron chi connectivity index (χ1n) is 12.7. The van der Waals surface area contributed by atoms with Crippen LogP contribution in [0.3, 0.4) is 0 Å². The molecule has 7 heteroatoms. The fourth-order valence-corrected chi connectivity index (χ4v) is 5.03. The molecule has 0 saturated carbocycles. The van der Waals surface area contributed by atoms with Crippen LogP contribution in [0, 0.1) is 20.8 Å². The summed E-state index contributed by atoms with van der Waals surface area (Å²) in [5, 5.41) is -0.385. The first-order chi connectivity index (χ1) is 18.3. The molecule has 0 radical (unpaired) electrons. The number of esters is 3. The van der Waals surface area contributed by atoms with Crippen molar-refractivity contribution in [2.45, 2.75) is 52.1 Å². The average molecular weight is 535 g/mol. The van der Waals surface area contributed by atoms with E-state index in [4.69, 9.17) is 14.2 Å². The van der Waals surface area contributed by atoms with E-state index in [-0.39, 0.29) is 11.9 Å². The Morgan fingerprint density at radius 3 is 1.50 bits per heavy atom. The number of hydrogen-bond acceptors (Lipinski definition) is 7. The highest BCUT2D eigenvalue weighted by Crippen LogP contribution is 2.33. The number of carbonyl (C=O) groups is 3. The largest absolute Gasteiger partial charge is 0.461 e. The zero-order chi connectivity index (χ0) is 27.7. The Balaban J connectivity index is 0.00000195. The third-order valence-corrected chi connectivity index (χ3v) is 7.30. The Labute approximate surface area is 228 Å². The molecule has 200 valence electrons. The zero-order valence-electron chi connectivity index (χ0n) is 22.4. The minimum atomic E-state index is -0.774. The highest BCUT2D eigenvalue weighted by molar-refractivity contribution is 8.00. The van der Waals surface area contributed by atoms with Crippen molar-refractivity contribution in [3.63, 3.8) is 0 Å². The summed E-state index contributed by atoms with van der Waals surface area (Å²) in [6.07, 6.45) is -1.45. The van der Waals surface area contributed by atoms with Gasteiger partial charge in [0.2, 0.25) is 0 Å². The van der Waals surface area contributed by atoms with Gasteiger partial charge in [-0.1, -0.05) is 66.9 Å². The van der Waals surface area contributed by atoms with Crippen LogP contribution in [0.1, 0.15) is 61.6 Å². The predicted octanol–water partition coefficient (Wildman–Crippen LogP) is 6.36. The molecule has 0 spiro atoms. The molecule has 4 rings (SSSR count). The lowest BCUT2D eigenvalue weighted by Crippen LogP contribution is -2.39. The number of benzene rings is 3. The molecule has 0 unspecified atom stereocenters. The number of thioether (sulfide) groups is 1.